The fourth-order valence-electron chi connectivity index (χ4n) is 2.46. The molecule has 0 heterocycles. The summed E-state index contributed by atoms with van der Waals surface area (Å²) in [4.78, 5) is 2.07. The lowest BCUT2D eigenvalue weighted by atomic mass is 10.0. The molecular formula is C18H20N2O2. The number of nitrogens with zero attached hydrogens (tertiary/aromatic N) is 2. The van der Waals surface area contributed by atoms with Crippen molar-refractivity contribution in [1.82, 2.24) is 4.90 Å². The van der Waals surface area contributed by atoms with Gasteiger partial charge in [-0.05, 0) is 42.4 Å². The van der Waals surface area contributed by atoms with E-state index in [4.69, 9.17) is 10.00 Å². The van der Waals surface area contributed by atoms with Gasteiger partial charge in [0.15, 0.2) is 0 Å². The first kappa shape index (κ1) is 16.0. The van der Waals surface area contributed by atoms with Crippen molar-refractivity contribution in [3.63, 3.8) is 0 Å². The number of hydrogen-bond donors (Lipinski definition) is 1. The molecule has 1 atom stereocenters. The molecule has 0 saturated carbocycles. The highest BCUT2D eigenvalue weighted by molar-refractivity contribution is 5.33. The Bertz CT molecular complexity index is 647. The van der Waals surface area contributed by atoms with Crippen molar-refractivity contribution < 1.29 is 9.84 Å². The molecule has 0 aliphatic carbocycles. The van der Waals surface area contributed by atoms with Crippen LogP contribution in [0.2, 0.25) is 0 Å². The van der Waals surface area contributed by atoms with Crippen molar-refractivity contribution in [3.8, 4) is 11.8 Å². The number of ether oxygens (including phenoxy) is 1. The molecule has 1 N–H and O–H groups in total. The van der Waals surface area contributed by atoms with E-state index in [-0.39, 0.29) is 12.6 Å². The molecule has 0 aliphatic rings. The van der Waals surface area contributed by atoms with Crippen LogP contribution in [0.5, 0.6) is 5.75 Å². The quantitative estimate of drug-likeness (QED) is 0.890. The molecule has 0 aliphatic heterocycles. The number of aliphatic hydroxyl groups is 1. The largest absolute Gasteiger partial charge is 0.497 e. The zero-order chi connectivity index (χ0) is 15.9. The van der Waals surface area contributed by atoms with Gasteiger partial charge in [0.25, 0.3) is 0 Å². The van der Waals surface area contributed by atoms with E-state index >= 15 is 0 Å². The van der Waals surface area contributed by atoms with E-state index < -0.39 is 0 Å². The van der Waals surface area contributed by atoms with Gasteiger partial charge in [0.05, 0.1) is 31.4 Å². The number of nitriles is 1. The smallest absolute Gasteiger partial charge is 0.118 e. The molecule has 4 nitrogen and oxygen atoms in total. The third-order valence-corrected chi connectivity index (χ3v) is 3.69. The van der Waals surface area contributed by atoms with Gasteiger partial charge in [-0.15, -0.1) is 0 Å². The van der Waals surface area contributed by atoms with Crippen LogP contribution in [0.15, 0.2) is 48.5 Å². The highest BCUT2D eigenvalue weighted by Crippen LogP contribution is 2.23. The molecule has 2 aromatic rings. The lowest BCUT2D eigenvalue weighted by Gasteiger charge is -2.27. The van der Waals surface area contributed by atoms with Gasteiger partial charge in [0.1, 0.15) is 5.75 Å². The van der Waals surface area contributed by atoms with Gasteiger partial charge in [-0.2, -0.15) is 5.26 Å². The Balaban J connectivity index is 2.13. The topological polar surface area (TPSA) is 56.5 Å². The van der Waals surface area contributed by atoms with Crippen molar-refractivity contribution in [3.05, 3.63) is 65.2 Å². The van der Waals surface area contributed by atoms with Crippen LogP contribution in [0, 0.1) is 11.3 Å². The molecule has 0 aromatic heterocycles. The van der Waals surface area contributed by atoms with Crippen molar-refractivity contribution in [2.75, 3.05) is 20.8 Å². The number of benzene rings is 2. The van der Waals surface area contributed by atoms with Gasteiger partial charge >= 0.3 is 0 Å². The fraction of sp³-hybridized carbons (Fsp3) is 0.278. The van der Waals surface area contributed by atoms with E-state index in [1.807, 2.05) is 49.5 Å². The summed E-state index contributed by atoms with van der Waals surface area (Å²) < 4.78 is 5.16. The zero-order valence-corrected chi connectivity index (χ0v) is 12.9. The maximum absolute atomic E-state index is 9.73. The summed E-state index contributed by atoms with van der Waals surface area (Å²) in [6.07, 6.45) is 0. The van der Waals surface area contributed by atoms with E-state index in [1.165, 1.54) is 0 Å². The summed E-state index contributed by atoms with van der Waals surface area (Å²) >= 11 is 0. The summed E-state index contributed by atoms with van der Waals surface area (Å²) in [5, 5.41) is 18.7. The van der Waals surface area contributed by atoms with Crippen molar-refractivity contribution in [1.29, 1.82) is 5.26 Å². The second kappa shape index (κ2) is 7.60. The monoisotopic (exact) mass is 296 g/mol. The average Bonchev–Trinajstić information content (AvgIpc) is 2.56. The van der Waals surface area contributed by atoms with Crippen molar-refractivity contribution in [2.24, 2.45) is 0 Å². The highest BCUT2D eigenvalue weighted by Gasteiger charge is 2.16. The van der Waals surface area contributed by atoms with Crippen molar-refractivity contribution in [2.45, 2.75) is 12.6 Å². The molecule has 0 amide bonds. The molecule has 0 saturated heterocycles. The summed E-state index contributed by atoms with van der Waals surface area (Å²) in [6, 6.07) is 17.3. The van der Waals surface area contributed by atoms with E-state index in [9.17, 15) is 5.11 Å². The van der Waals surface area contributed by atoms with Gasteiger partial charge in [-0.25, -0.2) is 0 Å². The average molecular weight is 296 g/mol. The maximum Gasteiger partial charge on any atom is 0.118 e. The molecule has 0 fully saturated rings. The Kier molecular flexibility index (Phi) is 5.54. The van der Waals surface area contributed by atoms with Crippen LogP contribution in [0.1, 0.15) is 22.7 Å². The molecule has 0 bridgehead atoms. The summed E-state index contributed by atoms with van der Waals surface area (Å²) in [5.74, 6) is 0.796. The minimum Gasteiger partial charge on any atom is -0.497 e. The number of likely N-dealkylation sites (N-methyl/N-ethyl adjacent to an activating group) is 1. The Morgan fingerprint density at radius 1 is 1.23 bits per heavy atom. The summed E-state index contributed by atoms with van der Waals surface area (Å²) in [5.41, 5.74) is 2.73. The molecular weight excluding hydrogens is 276 g/mol. The second-order valence-corrected chi connectivity index (χ2v) is 5.20. The Morgan fingerprint density at radius 3 is 2.55 bits per heavy atom. The van der Waals surface area contributed by atoms with E-state index in [1.54, 1.807) is 13.2 Å². The zero-order valence-electron chi connectivity index (χ0n) is 12.9. The van der Waals surface area contributed by atoms with Crippen LogP contribution in [0.3, 0.4) is 0 Å². The van der Waals surface area contributed by atoms with Crippen LogP contribution >= 0.6 is 0 Å². The number of hydrogen-bond acceptors (Lipinski definition) is 4. The second-order valence-electron chi connectivity index (χ2n) is 5.20. The van der Waals surface area contributed by atoms with Crippen molar-refractivity contribution >= 4 is 0 Å². The molecule has 2 rings (SSSR count). The summed E-state index contributed by atoms with van der Waals surface area (Å²) in [7, 11) is 3.59. The van der Waals surface area contributed by atoms with Crippen LogP contribution in [0.4, 0.5) is 0 Å². The van der Waals surface area contributed by atoms with Gasteiger partial charge < -0.3 is 9.84 Å². The minimum absolute atomic E-state index is 0.0285. The molecule has 114 valence electrons. The standard InChI is InChI=1S/C18H20N2O2/c1-20(12-15-5-3-4-14(10-15)11-19)18(13-21)16-6-8-17(22-2)9-7-16/h3-10,18,21H,12-13H2,1-2H3. The van der Waals surface area contributed by atoms with Crippen LogP contribution in [-0.4, -0.2) is 30.8 Å². The van der Waals surface area contributed by atoms with Gasteiger partial charge in [-0.3, -0.25) is 4.90 Å². The molecule has 1 unspecified atom stereocenters. The van der Waals surface area contributed by atoms with Crippen LogP contribution in [0.25, 0.3) is 0 Å². The SMILES string of the molecule is COc1ccc(C(CO)N(C)Cc2cccc(C#N)c2)cc1. The number of aliphatic hydroxyl groups excluding tert-OH is 1. The van der Waals surface area contributed by atoms with E-state index in [0.29, 0.717) is 12.1 Å². The summed E-state index contributed by atoms with van der Waals surface area (Å²) in [6.45, 7) is 0.688. The number of rotatable bonds is 6. The van der Waals surface area contributed by atoms with E-state index in [2.05, 4.69) is 11.0 Å². The minimum atomic E-state index is -0.100. The third-order valence-electron chi connectivity index (χ3n) is 3.69. The molecule has 0 spiro atoms. The maximum atomic E-state index is 9.73. The predicted octanol–water partition coefficient (Wildman–Crippen LogP) is 2.73. The lowest BCUT2D eigenvalue weighted by molar-refractivity contribution is 0.142. The van der Waals surface area contributed by atoms with Gasteiger partial charge in [0, 0.05) is 6.54 Å². The van der Waals surface area contributed by atoms with E-state index in [0.717, 1.165) is 16.9 Å². The Hall–Kier alpha value is -2.35. The lowest BCUT2D eigenvalue weighted by Crippen LogP contribution is -2.27. The first-order valence-corrected chi connectivity index (χ1v) is 7.12. The third kappa shape index (κ3) is 3.85. The van der Waals surface area contributed by atoms with Gasteiger partial charge in [-0.1, -0.05) is 24.3 Å². The predicted molar refractivity (Wildman–Crippen MR) is 85.4 cm³/mol. The molecule has 22 heavy (non-hydrogen) atoms. The molecule has 0 radical (unpaired) electrons. The normalized spacial score (nSPS) is 12.0. The first-order valence-electron chi connectivity index (χ1n) is 7.12. The number of methoxy groups -OCH3 is 1. The molecule has 2 aromatic carbocycles. The van der Waals surface area contributed by atoms with Crippen LogP contribution < -0.4 is 4.74 Å². The van der Waals surface area contributed by atoms with Crippen LogP contribution in [-0.2, 0) is 6.54 Å². The first-order chi connectivity index (χ1) is 10.7. The highest BCUT2D eigenvalue weighted by atomic mass is 16.5. The fourth-order valence-corrected chi connectivity index (χ4v) is 2.46. The van der Waals surface area contributed by atoms with Gasteiger partial charge in [0.2, 0.25) is 0 Å². The Morgan fingerprint density at radius 2 is 1.95 bits per heavy atom. The Labute approximate surface area is 131 Å². The molecule has 4 heteroatoms.